The summed E-state index contributed by atoms with van der Waals surface area (Å²) in [5.74, 6) is -0.867. The molecule has 6 amide bonds. The molecular formula is C61H63F2N11O9. The van der Waals surface area contributed by atoms with Gasteiger partial charge in [-0.25, -0.2) is 13.6 Å². The van der Waals surface area contributed by atoms with Crippen LogP contribution in [0.3, 0.4) is 0 Å². The van der Waals surface area contributed by atoms with E-state index >= 15 is 8.78 Å². The first-order chi connectivity index (χ1) is 40.2. The molecule has 0 aliphatic carbocycles. The van der Waals surface area contributed by atoms with Crippen molar-refractivity contribution in [2.45, 2.75) is 93.5 Å². The molecule has 13 rings (SSSR count). The molecule has 7 fully saturated rings. The zero-order valence-corrected chi connectivity index (χ0v) is 46.0. The van der Waals surface area contributed by atoms with Gasteiger partial charge in [0.05, 0.1) is 40.3 Å². The fraction of sp³-hybridized carbons (Fsp3) is 0.459. The van der Waals surface area contributed by atoms with E-state index < -0.39 is 59.0 Å². The van der Waals surface area contributed by atoms with Gasteiger partial charge in [0.2, 0.25) is 17.7 Å². The Hall–Kier alpha value is -8.13. The lowest BCUT2D eigenvalue weighted by molar-refractivity contribution is -0.142. The van der Waals surface area contributed by atoms with Crippen LogP contribution in [-0.4, -0.2) is 185 Å². The molecule has 7 saturated heterocycles. The maximum absolute atomic E-state index is 17.3. The largest absolute Gasteiger partial charge is 0.461 e. The number of piperidine rings is 2. The van der Waals surface area contributed by atoms with Crippen molar-refractivity contribution in [1.29, 1.82) is 0 Å². The van der Waals surface area contributed by atoms with Gasteiger partial charge in [-0.3, -0.25) is 44.1 Å². The molecule has 83 heavy (non-hydrogen) atoms. The number of benzene rings is 3. The molecule has 20 nitrogen and oxygen atoms in total. The molecule has 2 N–H and O–H groups in total. The third-order valence-corrected chi connectivity index (χ3v) is 18.4. The van der Waals surface area contributed by atoms with Crippen LogP contribution >= 0.6 is 0 Å². The quantitative estimate of drug-likeness (QED) is 0.0934. The van der Waals surface area contributed by atoms with Crippen molar-refractivity contribution in [2.75, 3.05) is 89.1 Å². The number of carbonyl (C=O) groups is 6. The second-order valence-corrected chi connectivity index (χ2v) is 23.4. The highest BCUT2D eigenvalue weighted by molar-refractivity contribution is 6.23. The van der Waals surface area contributed by atoms with Gasteiger partial charge in [-0.15, -0.1) is 6.42 Å². The summed E-state index contributed by atoms with van der Waals surface area (Å²) < 4.78 is 50.7. The first kappa shape index (κ1) is 54.1. The smallest absolute Gasteiger partial charge is 0.409 e. The van der Waals surface area contributed by atoms with Gasteiger partial charge in [0.25, 0.3) is 11.8 Å². The number of nitrogens with zero attached hydrogens (tertiary/aromatic N) is 9. The summed E-state index contributed by atoms with van der Waals surface area (Å²) in [5, 5.41) is 7.33. The summed E-state index contributed by atoms with van der Waals surface area (Å²) in [7, 11) is 1.57. The number of aromatic nitrogens is 3. The first-order valence-electron chi connectivity index (χ1n) is 28.6. The topological polar surface area (TPSA) is 212 Å². The Kier molecular flexibility index (Phi) is 14.1. The van der Waals surface area contributed by atoms with E-state index in [1.165, 1.54) is 6.07 Å². The van der Waals surface area contributed by atoms with Gasteiger partial charge >= 0.3 is 12.1 Å². The Bertz CT molecular complexity index is 3600. The molecule has 430 valence electrons. The lowest BCUT2D eigenvalue weighted by atomic mass is 9.93. The molecule has 0 spiro atoms. The summed E-state index contributed by atoms with van der Waals surface area (Å²) in [6.07, 6.45) is 12.2. The predicted octanol–water partition coefficient (Wildman–Crippen LogP) is 5.20. The van der Waals surface area contributed by atoms with Crippen LogP contribution in [-0.2, 0) is 23.9 Å². The molecule has 3 aromatic carbocycles. The average Bonchev–Trinajstić information content (AvgIpc) is 4.42. The van der Waals surface area contributed by atoms with Crippen molar-refractivity contribution in [1.82, 2.24) is 45.2 Å². The number of carbonyl (C=O) groups excluding carboxylic acids is 6. The van der Waals surface area contributed by atoms with Gasteiger partial charge in [0.1, 0.15) is 42.1 Å². The number of imide groups is 2. The number of pyridine rings is 1. The van der Waals surface area contributed by atoms with E-state index in [9.17, 15) is 28.8 Å². The van der Waals surface area contributed by atoms with Gasteiger partial charge in [0, 0.05) is 113 Å². The minimum absolute atomic E-state index is 0.00859. The van der Waals surface area contributed by atoms with Gasteiger partial charge in [0.15, 0.2) is 5.82 Å². The van der Waals surface area contributed by atoms with Crippen LogP contribution in [0.25, 0.3) is 32.9 Å². The minimum atomic E-state index is -1.05. The van der Waals surface area contributed by atoms with Crippen molar-refractivity contribution in [3.8, 4) is 29.6 Å². The fourth-order valence-corrected chi connectivity index (χ4v) is 14.3. The van der Waals surface area contributed by atoms with Crippen LogP contribution in [0.5, 0.6) is 6.01 Å². The number of anilines is 2. The van der Waals surface area contributed by atoms with Crippen LogP contribution in [0.15, 0.2) is 66.9 Å². The second kappa shape index (κ2) is 21.6. The summed E-state index contributed by atoms with van der Waals surface area (Å²) in [4.78, 5) is 105. The van der Waals surface area contributed by atoms with Gasteiger partial charge < -0.3 is 39.1 Å². The maximum atomic E-state index is 17.3. The minimum Gasteiger partial charge on any atom is -0.461 e. The maximum Gasteiger partial charge on any atom is 0.409 e. The monoisotopic (exact) mass is 1130 g/mol. The average molecular weight is 1130 g/mol. The van der Waals surface area contributed by atoms with Gasteiger partial charge in [-0.1, -0.05) is 42.3 Å². The standard InChI is InChI=1S/C61H63F2N11O9/c1-4-42-47(62)13-8-35-6-5-7-44(50(35)42)52-51(63)53-46(26-64-52)54(71-28-37-9-10-38(29-71)65-37)68-59(67-53)83-33-61-19-16-40(73(61)27-34(2)25-61)32-82-60(80)70-22-23-72(41(30-70)31-81-3)56(77)36-17-20-69(21-18-36)39-11-12-43-45(24-39)58(79)74(57(43)78)48-14-15-49(75)66-55(48)76/h1,5-8,11-13,24,26,36-38,40-41,48,65H,2,9-10,14-23,25,27-33H2,3H3,(H,66,75,76)/t37?,38?,40-,41+,48?,61?/m0/s1. The van der Waals surface area contributed by atoms with Gasteiger partial charge in [-0.05, 0) is 81.0 Å². The summed E-state index contributed by atoms with van der Waals surface area (Å²) in [6.45, 7) is 8.61. The Labute approximate surface area is 477 Å². The van der Waals surface area contributed by atoms with Crippen LogP contribution in [0.4, 0.5) is 25.1 Å². The number of hydrogen-bond donors (Lipinski definition) is 2. The van der Waals surface area contributed by atoms with Crippen LogP contribution in [0, 0.1) is 29.9 Å². The number of piperazine rings is 2. The second-order valence-electron chi connectivity index (χ2n) is 23.4. The number of halogens is 2. The number of rotatable bonds is 12. The Morgan fingerprint density at radius 2 is 1.66 bits per heavy atom. The number of nitrogens with one attached hydrogen (secondary N) is 2. The fourth-order valence-electron chi connectivity index (χ4n) is 14.3. The van der Waals surface area contributed by atoms with Crippen molar-refractivity contribution >= 4 is 68.8 Å². The lowest BCUT2D eigenvalue weighted by Gasteiger charge is -2.43. The number of terminal acetylenes is 1. The Morgan fingerprint density at radius 1 is 0.867 bits per heavy atom. The molecule has 2 bridgehead atoms. The molecule has 0 radical (unpaired) electrons. The molecule has 2 aromatic heterocycles. The van der Waals surface area contributed by atoms with E-state index in [1.807, 2.05) is 4.90 Å². The zero-order valence-electron chi connectivity index (χ0n) is 46.0. The van der Waals surface area contributed by atoms with E-state index in [4.69, 9.17) is 30.6 Å². The van der Waals surface area contributed by atoms with Crippen molar-refractivity contribution in [3.63, 3.8) is 0 Å². The van der Waals surface area contributed by atoms with E-state index in [0.29, 0.717) is 98.9 Å². The Morgan fingerprint density at radius 3 is 2.43 bits per heavy atom. The molecule has 8 aliphatic rings. The van der Waals surface area contributed by atoms with Gasteiger partial charge in [-0.2, -0.15) is 9.97 Å². The highest BCUT2D eigenvalue weighted by Gasteiger charge is 2.52. The molecule has 0 saturated carbocycles. The molecule has 6 atom stereocenters. The SMILES string of the molecule is C#Cc1c(F)ccc2cccc(-c3ncc4c(N5CC6CCC(C5)N6)nc(OCC56CC[C@@H](COC(=O)N7CCN(C(=O)C8CCN(c9ccc%10c(c9)C(=O)N(C9CCC(=O)NC9=O)C%10=O)CC8)[C@@H](COC)C7)N5CC(=C)C6)nc4c3F)c12. The summed E-state index contributed by atoms with van der Waals surface area (Å²) >= 11 is 0. The molecule has 4 unspecified atom stereocenters. The highest BCUT2D eigenvalue weighted by Crippen LogP contribution is 2.45. The van der Waals surface area contributed by atoms with Crippen LogP contribution in [0.2, 0.25) is 0 Å². The summed E-state index contributed by atoms with van der Waals surface area (Å²) in [6, 6.07) is 12.1. The number of hydrogen-bond acceptors (Lipinski definition) is 16. The third-order valence-electron chi connectivity index (χ3n) is 18.4. The third kappa shape index (κ3) is 9.65. The Balaban J connectivity index is 0.652. The first-order valence-corrected chi connectivity index (χ1v) is 28.6. The summed E-state index contributed by atoms with van der Waals surface area (Å²) in [5.41, 5.74) is 1.98. The van der Waals surface area contributed by atoms with E-state index in [0.717, 1.165) is 29.0 Å². The number of methoxy groups -OCH3 is 1. The number of ether oxygens (including phenoxy) is 3. The highest BCUT2D eigenvalue weighted by atomic mass is 19.1. The molecule has 5 aromatic rings. The molecular weight excluding hydrogens is 1070 g/mol. The number of amides is 6. The van der Waals surface area contributed by atoms with Crippen LogP contribution in [0.1, 0.15) is 84.1 Å². The lowest BCUT2D eigenvalue weighted by Crippen LogP contribution is -2.59. The van der Waals surface area contributed by atoms with Crippen LogP contribution < -0.4 is 25.2 Å². The molecule has 22 heteroatoms. The van der Waals surface area contributed by atoms with E-state index in [1.54, 1.807) is 60.7 Å². The zero-order chi connectivity index (χ0) is 57.4. The molecule has 8 aliphatic heterocycles. The van der Waals surface area contributed by atoms with Crippen molar-refractivity contribution < 1.29 is 51.8 Å². The molecule has 10 heterocycles. The van der Waals surface area contributed by atoms with E-state index in [-0.39, 0.29) is 110 Å². The number of fused-ring (bicyclic) bond motifs is 6. The van der Waals surface area contributed by atoms with Crippen molar-refractivity contribution in [3.05, 3.63) is 95.2 Å². The normalized spacial score (nSPS) is 25.6. The van der Waals surface area contributed by atoms with E-state index in [2.05, 4.69) is 42.8 Å². The predicted molar refractivity (Wildman–Crippen MR) is 300 cm³/mol. The van der Waals surface area contributed by atoms with Crippen molar-refractivity contribution in [2.24, 2.45) is 5.92 Å².